The normalized spacial score (nSPS) is 15.4. The number of amides is 1. The van der Waals surface area contributed by atoms with Crippen LogP contribution in [0.1, 0.15) is 33.6 Å². The molecule has 0 atom stereocenters. The van der Waals surface area contributed by atoms with E-state index in [4.69, 9.17) is 9.47 Å². The zero-order valence-electron chi connectivity index (χ0n) is 12.7. The number of nitrogens with zero attached hydrogens (tertiary/aromatic N) is 1. The largest absolute Gasteiger partial charge is 0.444 e. The Morgan fingerprint density at radius 3 is 2.53 bits per heavy atom. The zero-order chi connectivity index (χ0) is 14.3. The lowest BCUT2D eigenvalue weighted by Gasteiger charge is -2.27. The summed E-state index contributed by atoms with van der Waals surface area (Å²) in [5.41, 5.74) is -0.455. The number of hydrogen-bond donors (Lipinski definition) is 1. The molecule has 5 nitrogen and oxygen atoms in total. The molecule has 0 aliphatic heterocycles. The van der Waals surface area contributed by atoms with Gasteiger partial charge in [0.15, 0.2) is 0 Å². The first kappa shape index (κ1) is 16.2. The second-order valence-corrected chi connectivity index (χ2v) is 6.11. The second-order valence-electron chi connectivity index (χ2n) is 6.11. The van der Waals surface area contributed by atoms with E-state index in [2.05, 4.69) is 5.32 Å². The Morgan fingerprint density at radius 1 is 1.32 bits per heavy atom. The molecule has 0 saturated heterocycles. The fourth-order valence-corrected chi connectivity index (χ4v) is 1.66. The highest BCUT2D eigenvalue weighted by molar-refractivity contribution is 5.68. The van der Waals surface area contributed by atoms with Gasteiger partial charge in [-0.3, -0.25) is 0 Å². The molecule has 1 fully saturated rings. The molecule has 19 heavy (non-hydrogen) atoms. The number of nitrogens with one attached hydrogen (secondary N) is 1. The maximum Gasteiger partial charge on any atom is 0.410 e. The molecule has 0 spiro atoms. The summed E-state index contributed by atoms with van der Waals surface area (Å²) in [7, 11) is 1.64. The van der Waals surface area contributed by atoms with E-state index in [-0.39, 0.29) is 6.09 Å². The summed E-state index contributed by atoms with van der Waals surface area (Å²) in [6.07, 6.45) is 2.41. The standard InChI is InChI=1S/C14H28N2O3/c1-14(2,3)19-13(17)16(9-10-18-4)8-7-15-11-12-5-6-12/h12,15H,5-11H2,1-4H3. The molecule has 1 aliphatic carbocycles. The first-order chi connectivity index (χ1) is 8.92. The number of rotatable bonds is 8. The van der Waals surface area contributed by atoms with Crippen LogP contribution in [0.4, 0.5) is 4.79 Å². The van der Waals surface area contributed by atoms with Gasteiger partial charge in [-0.1, -0.05) is 0 Å². The van der Waals surface area contributed by atoms with Crippen LogP contribution in [0, 0.1) is 5.92 Å². The van der Waals surface area contributed by atoms with Crippen molar-refractivity contribution in [1.29, 1.82) is 0 Å². The van der Waals surface area contributed by atoms with E-state index in [1.54, 1.807) is 12.0 Å². The molecule has 0 aromatic carbocycles. The number of methoxy groups -OCH3 is 1. The van der Waals surface area contributed by atoms with Gasteiger partial charge in [0.1, 0.15) is 5.60 Å². The summed E-state index contributed by atoms with van der Waals surface area (Å²) < 4.78 is 10.4. The lowest BCUT2D eigenvalue weighted by molar-refractivity contribution is 0.0204. The van der Waals surface area contributed by atoms with Crippen LogP contribution >= 0.6 is 0 Å². The predicted molar refractivity (Wildman–Crippen MR) is 75.3 cm³/mol. The predicted octanol–water partition coefficient (Wildman–Crippen LogP) is 1.87. The van der Waals surface area contributed by atoms with Gasteiger partial charge in [0, 0.05) is 26.7 Å². The number of ether oxygens (including phenoxy) is 2. The van der Waals surface area contributed by atoms with Crippen molar-refractivity contribution in [3.63, 3.8) is 0 Å². The van der Waals surface area contributed by atoms with Crippen LogP contribution in [0.5, 0.6) is 0 Å². The van der Waals surface area contributed by atoms with Crippen molar-refractivity contribution in [3.05, 3.63) is 0 Å². The summed E-state index contributed by atoms with van der Waals surface area (Å²) in [6, 6.07) is 0. The fraction of sp³-hybridized carbons (Fsp3) is 0.929. The van der Waals surface area contributed by atoms with E-state index < -0.39 is 5.60 Å². The van der Waals surface area contributed by atoms with Gasteiger partial charge in [0.25, 0.3) is 0 Å². The summed E-state index contributed by atoms with van der Waals surface area (Å²) in [4.78, 5) is 13.7. The van der Waals surface area contributed by atoms with Crippen molar-refractivity contribution >= 4 is 6.09 Å². The Labute approximate surface area is 116 Å². The third kappa shape index (κ3) is 8.06. The van der Waals surface area contributed by atoms with Crippen LogP contribution in [-0.2, 0) is 9.47 Å². The average molecular weight is 272 g/mol. The van der Waals surface area contributed by atoms with Gasteiger partial charge in [0.05, 0.1) is 6.61 Å². The molecule has 5 heteroatoms. The first-order valence-electron chi connectivity index (χ1n) is 7.10. The molecule has 1 rings (SSSR count). The smallest absolute Gasteiger partial charge is 0.410 e. The van der Waals surface area contributed by atoms with Crippen LogP contribution in [0.3, 0.4) is 0 Å². The van der Waals surface area contributed by atoms with E-state index in [0.29, 0.717) is 19.7 Å². The van der Waals surface area contributed by atoms with E-state index >= 15 is 0 Å². The summed E-state index contributed by atoms with van der Waals surface area (Å²) in [5, 5.41) is 3.38. The van der Waals surface area contributed by atoms with Crippen molar-refractivity contribution in [1.82, 2.24) is 10.2 Å². The summed E-state index contributed by atoms with van der Waals surface area (Å²) in [6.45, 7) is 9.26. The van der Waals surface area contributed by atoms with E-state index in [1.165, 1.54) is 12.8 Å². The van der Waals surface area contributed by atoms with Gasteiger partial charge in [0.2, 0.25) is 0 Å². The zero-order valence-corrected chi connectivity index (χ0v) is 12.7. The summed E-state index contributed by atoms with van der Waals surface area (Å²) >= 11 is 0. The highest BCUT2D eigenvalue weighted by Crippen LogP contribution is 2.27. The summed E-state index contributed by atoms with van der Waals surface area (Å²) in [5.74, 6) is 0.856. The Hall–Kier alpha value is -0.810. The molecule has 1 amide bonds. The monoisotopic (exact) mass is 272 g/mol. The van der Waals surface area contributed by atoms with Gasteiger partial charge >= 0.3 is 6.09 Å². The minimum absolute atomic E-state index is 0.266. The Bertz CT molecular complexity index is 272. The van der Waals surface area contributed by atoms with Crippen molar-refractivity contribution in [2.75, 3.05) is 39.9 Å². The molecule has 0 heterocycles. The van der Waals surface area contributed by atoms with Gasteiger partial charge in [-0.05, 0) is 46.1 Å². The molecule has 0 aromatic rings. The minimum Gasteiger partial charge on any atom is -0.444 e. The molecule has 1 saturated carbocycles. The number of hydrogen-bond acceptors (Lipinski definition) is 4. The Morgan fingerprint density at radius 2 is 2.00 bits per heavy atom. The molecule has 112 valence electrons. The molecular weight excluding hydrogens is 244 g/mol. The number of carbonyl (C=O) groups is 1. The van der Waals surface area contributed by atoms with Crippen LogP contribution in [0.2, 0.25) is 0 Å². The maximum absolute atomic E-state index is 12.0. The molecule has 0 aromatic heterocycles. The van der Waals surface area contributed by atoms with Gasteiger partial charge < -0.3 is 19.7 Å². The van der Waals surface area contributed by atoms with Crippen LogP contribution in [0.25, 0.3) is 0 Å². The third-order valence-corrected chi connectivity index (χ3v) is 2.91. The van der Waals surface area contributed by atoms with E-state index in [1.807, 2.05) is 20.8 Å². The van der Waals surface area contributed by atoms with Crippen molar-refractivity contribution in [3.8, 4) is 0 Å². The van der Waals surface area contributed by atoms with Crippen LogP contribution in [0.15, 0.2) is 0 Å². The van der Waals surface area contributed by atoms with Crippen molar-refractivity contribution < 1.29 is 14.3 Å². The molecule has 1 N–H and O–H groups in total. The molecule has 0 radical (unpaired) electrons. The molecule has 1 aliphatic rings. The van der Waals surface area contributed by atoms with Crippen molar-refractivity contribution in [2.24, 2.45) is 5.92 Å². The van der Waals surface area contributed by atoms with Gasteiger partial charge in [-0.2, -0.15) is 0 Å². The maximum atomic E-state index is 12.0. The van der Waals surface area contributed by atoms with E-state index in [0.717, 1.165) is 19.0 Å². The van der Waals surface area contributed by atoms with Crippen LogP contribution in [-0.4, -0.2) is 56.5 Å². The Balaban J connectivity index is 2.28. The SMILES string of the molecule is COCCN(CCNCC1CC1)C(=O)OC(C)(C)C. The lowest BCUT2D eigenvalue weighted by Crippen LogP contribution is -2.42. The van der Waals surface area contributed by atoms with Gasteiger partial charge in [-0.15, -0.1) is 0 Å². The lowest BCUT2D eigenvalue weighted by atomic mass is 10.2. The average Bonchev–Trinajstić information content (AvgIpc) is 3.09. The number of carbonyl (C=O) groups excluding carboxylic acids is 1. The Kier molecular flexibility index (Phi) is 6.58. The molecular formula is C14H28N2O3. The highest BCUT2D eigenvalue weighted by Gasteiger charge is 2.23. The van der Waals surface area contributed by atoms with E-state index in [9.17, 15) is 4.79 Å². The highest BCUT2D eigenvalue weighted by atomic mass is 16.6. The molecule has 0 unspecified atom stereocenters. The minimum atomic E-state index is -0.455. The molecule has 0 bridgehead atoms. The third-order valence-electron chi connectivity index (χ3n) is 2.91. The second kappa shape index (κ2) is 7.70. The first-order valence-corrected chi connectivity index (χ1v) is 7.10. The van der Waals surface area contributed by atoms with Crippen molar-refractivity contribution in [2.45, 2.75) is 39.2 Å². The van der Waals surface area contributed by atoms with Crippen LogP contribution < -0.4 is 5.32 Å². The topological polar surface area (TPSA) is 50.8 Å². The fourth-order valence-electron chi connectivity index (χ4n) is 1.66. The quantitative estimate of drug-likeness (QED) is 0.685. The van der Waals surface area contributed by atoms with Gasteiger partial charge in [-0.25, -0.2) is 4.79 Å².